The van der Waals surface area contributed by atoms with E-state index in [-0.39, 0.29) is 0 Å². The first kappa shape index (κ1) is 13.2. The van der Waals surface area contributed by atoms with Gasteiger partial charge in [-0.05, 0) is 25.8 Å². The summed E-state index contributed by atoms with van der Waals surface area (Å²) < 4.78 is 3.26. The summed E-state index contributed by atoms with van der Waals surface area (Å²) >= 11 is 7.02. The monoisotopic (exact) mass is 220 g/mol. The Morgan fingerprint density at radius 3 is 1.77 bits per heavy atom. The van der Waals surface area contributed by atoms with Crippen molar-refractivity contribution in [2.45, 2.75) is 27.7 Å². The van der Waals surface area contributed by atoms with Crippen molar-refractivity contribution < 1.29 is 0 Å². The summed E-state index contributed by atoms with van der Waals surface area (Å²) in [6, 6.07) is 0. The number of rotatable bonds is 5. The number of hydrogen-bond acceptors (Lipinski definition) is 3. The molecule has 0 saturated carbocycles. The quantitative estimate of drug-likeness (QED) is 0.519. The van der Waals surface area contributed by atoms with Crippen LogP contribution in [0.3, 0.4) is 0 Å². The minimum absolute atomic E-state index is 0.994. The van der Waals surface area contributed by atoms with Crippen molar-refractivity contribution >= 4 is 28.5 Å². The standard InChI is InChI=1S/C9H20N2S2/c1-5-10(6-2)9(12)13-11(7-3)8-4/h5-8H2,1-4H3. The lowest BCUT2D eigenvalue weighted by molar-refractivity contribution is 0.477. The van der Waals surface area contributed by atoms with Crippen LogP contribution in [0.5, 0.6) is 0 Å². The number of thiocarbonyl (C=S) groups is 1. The highest BCUT2D eigenvalue weighted by Gasteiger charge is 2.09. The summed E-state index contributed by atoms with van der Waals surface area (Å²) in [4.78, 5) is 2.21. The van der Waals surface area contributed by atoms with E-state index in [1.807, 2.05) is 0 Å². The molecule has 0 amide bonds. The first-order valence-corrected chi connectivity index (χ1v) is 6.09. The van der Waals surface area contributed by atoms with Gasteiger partial charge in [0.25, 0.3) is 0 Å². The Morgan fingerprint density at radius 2 is 1.46 bits per heavy atom. The molecule has 0 bridgehead atoms. The Morgan fingerprint density at radius 1 is 1.00 bits per heavy atom. The molecular weight excluding hydrogens is 200 g/mol. The van der Waals surface area contributed by atoms with Gasteiger partial charge in [0, 0.05) is 26.2 Å². The molecule has 0 aliphatic heterocycles. The largest absolute Gasteiger partial charge is 0.357 e. The Labute approximate surface area is 91.8 Å². The highest BCUT2D eigenvalue weighted by atomic mass is 32.2. The normalized spacial score (nSPS) is 10.5. The predicted molar refractivity (Wildman–Crippen MR) is 66.0 cm³/mol. The van der Waals surface area contributed by atoms with Crippen molar-refractivity contribution in [3.8, 4) is 0 Å². The van der Waals surface area contributed by atoms with E-state index >= 15 is 0 Å². The van der Waals surface area contributed by atoms with E-state index < -0.39 is 0 Å². The van der Waals surface area contributed by atoms with Crippen LogP contribution in [0.15, 0.2) is 0 Å². The lowest BCUT2D eigenvalue weighted by atomic mass is 10.6. The third-order valence-corrected chi connectivity index (χ3v) is 3.61. The van der Waals surface area contributed by atoms with E-state index in [2.05, 4.69) is 36.9 Å². The topological polar surface area (TPSA) is 6.48 Å². The summed E-state index contributed by atoms with van der Waals surface area (Å²) in [5.41, 5.74) is 0. The van der Waals surface area contributed by atoms with Crippen LogP contribution >= 0.6 is 24.2 Å². The average molecular weight is 220 g/mol. The van der Waals surface area contributed by atoms with Crippen LogP contribution in [0.25, 0.3) is 0 Å². The molecule has 0 atom stereocenters. The summed E-state index contributed by atoms with van der Waals surface area (Å²) in [7, 11) is 0. The fourth-order valence-corrected chi connectivity index (χ4v) is 2.43. The summed E-state index contributed by atoms with van der Waals surface area (Å²) in [5.74, 6) is 0. The van der Waals surface area contributed by atoms with Gasteiger partial charge < -0.3 is 4.90 Å². The van der Waals surface area contributed by atoms with Gasteiger partial charge in [0.15, 0.2) is 4.32 Å². The van der Waals surface area contributed by atoms with Crippen LogP contribution in [0.1, 0.15) is 27.7 Å². The highest BCUT2D eigenvalue weighted by Crippen LogP contribution is 2.14. The summed E-state index contributed by atoms with van der Waals surface area (Å²) in [6.45, 7) is 12.7. The van der Waals surface area contributed by atoms with E-state index in [9.17, 15) is 0 Å². The molecule has 0 aromatic rings. The van der Waals surface area contributed by atoms with Crippen molar-refractivity contribution in [3.05, 3.63) is 0 Å². The average Bonchev–Trinajstić information content (AvgIpc) is 2.16. The van der Waals surface area contributed by atoms with Crippen molar-refractivity contribution in [1.29, 1.82) is 0 Å². The fourth-order valence-electron chi connectivity index (χ4n) is 1.00. The molecule has 0 unspecified atom stereocenters. The van der Waals surface area contributed by atoms with Gasteiger partial charge in [-0.3, -0.25) is 0 Å². The highest BCUT2D eigenvalue weighted by molar-refractivity contribution is 8.21. The minimum atomic E-state index is 0.994. The molecule has 0 aliphatic carbocycles. The predicted octanol–water partition coefficient (Wildman–Crippen LogP) is 2.60. The lowest BCUT2D eigenvalue weighted by Gasteiger charge is -2.25. The lowest BCUT2D eigenvalue weighted by Crippen LogP contribution is -2.30. The van der Waals surface area contributed by atoms with Crippen molar-refractivity contribution in [3.63, 3.8) is 0 Å². The van der Waals surface area contributed by atoms with Crippen molar-refractivity contribution in [1.82, 2.24) is 9.21 Å². The molecule has 0 rings (SSSR count). The minimum Gasteiger partial charge on any atom is -0.357 e. The first-order valence-electron chi connectivity index (χ1n) is 4.91. The molecule has 0 aromatic carbocycles. The molecule has 0 aromatic heterocycles. The Hall–Kier alpha value is 0.200. The van der Waals surface area contributed by atoms with Gasteiger partial charge in [-0.1, -0.05) is 26.1 Å². The van der Waals surface area contributed by atoms with E-state index in [0.717, 1.165) is 30.5 Å². The van der Waals surface area contributed by atoms with E-state index in [1.165, 1.54) is 0 Å². The van der Waals surface area contributed by atoms with E-state index in [0.29, 0.717) is 0 Å². The van der Waals surface area contributed by atoms with Crippen LogP contribution in [0.2, 0.25) is 0 Å². The molecule has 0 radical (unpaired) electrons. The molecule has 2 nitrogen and oxygen atoms in total. The fraction of sp³-hybridized carbons (Fsp3) is 0.889. The molecule has 0 heterocycles. The van der Waals surface area contributed by atoms with Crippen LogP contribution < -0.4 is 0 Å². The van der Waals surface area contributed by atoms with E-state index in [1.54, 1.807) is 11.9 Å². The van der Waals surface area contributed by atoms with Gasteiger partial charge >= 0.3 is 0 Å². The van der Waals surface area contributed by atoms with Crippen LogP contribution in [-0.2, 0) is 0 Å². The molecule has 0 saturated heterocycles. The van der Waals surface area contributed by atoms with Gasteiger partial charge in [-0.25, -0.2) is 4.31 Å². The van der Waals surface area contributed by atoms with Crippen molar-refractivity contribution in [2.24, 2.45) is 0 Å². The second-order valence-electron chi connectivity index (χ2n) is 2.64. The maximum absolute atomic E-state index is 5.33. The molecular formula is C9H20N2S2. The maximum atomic E-state index is 5.33. The number of nitrogens with zero attached hydrogens (tertiary/aromatic N) is 2. The SMILES string of the molecule is CCN(CC)SC(=S)N(CC)CC. The van der Waals surface area contributed by atoms with Gasteiger partial charge in [0.05, 0.1) is 0 Å². The third kappa shape index (κ3) is 4.84. The van der Waals surface area contributed by atoms with Crippen LogP contribution in [-0.4, -0.2) is 39.7 Å². The molecule has 78 valence electrons. The molecule has 0 fully saturated rings. The Balaban J connectivity index is 3.95. The zero-order chi connectivity index (χ0) is 10.3. The van der Waals surface area contributed by atoms with Crippen LogP contribution in [0.4, 0.5) is 0 Å². The molecule has 4 heteroatoms. The third-order valence-electron chi connectivity index (χ3n) is 1.93. The summed E-state index contributed by atoms with van der Waals surface area (Å²) in [5, 5.41) is 0. The Bertz CT molecular complexity index is 143. The molecule has 0 spiro atoms. The summed E-state index contributed by atoms with van der Waals surface area (Å²) in [6.07, 6.45) is 0. The van der Waals surface area contributed by atoms with E-state index in [4.69, 9.17) is 12.2 Å². The zero-order valence-electron chi connectivity index (χ0n) is 9.04. The smallest absolute Gasteiger partial charge is 0.151 e. The maximum Gasteiger partial charge on any atom is 0.151 e. The van der Waals surface area contributed by atoms with Gasteiger partial charge in [0.1, 0.15) is 0 Å². The van der Waals surface area contributed by atoms with Crippen LogP contribution in [0, 0.1) is 0 Å². The van der Waals surface area contributed by atoms with Gasteiger partial charge in [-0.15, -0.1) is 0 Å². The molecule has 0 aliphatic rings. The first-order chi connectivity index (χ1) is 6.19. The number of hydrogen-bond donors (Lipinski definition) is 0. The zero-order valence-corrected chi connectivity index (χ0v) is 10.7. The molecule has 0 N–H and O–H groups in total. The second-order valence-corrected chi connectivity index (χ2v) is 4.37. The van der Waals surface area contributed by atoms with Crippen molar-refractivity contribution in [2.75, 3.05) is 26.2 Å². The van der Waals surface area contributed by atoms with Gasteiger partial charge in [-0.2, -0.15) is 0 Å². The molecule has 13 heavy (non-hydrogen) atoms. The Kier molecular flexibility index (Phi) is 7.71. The second kappa shape index (κ2) is 7.59. The van der Waals surface area contributed by atoms with Gasteiger partial charge in [0.2, 0.25) is 0 Å².